The highest BCUT2D eigenvalue weighted by Gasteiger charge is 2.21. The Labute approximate surface area is 106 Å². The molecule has 1 saturated heterocycles. The van der Waals surface area contributed by atoms with Crippen LogP contribution in [0.2, 0.25) is 0 Å². The van der Waals surface area contributed by atoms with Crippen LogP contribution in [0.4, 0.5) is 0 Å². The summed E-state index contributed by atoms with van der Waals surface area (Å²) in [6.07, 6.45) is 2.60. The average molecular weight is 244 g/mol. The van der Waals surface area contributed by atoms with Crippen LogP contribution in [-0.4, -0.2) is 49.1 Å². The Bertz CT molecular complexity index is 175. The molecule has 96 valence electrons. The molecular weight excluding hydrogens is 216 g/mol. The van der Waals surface area contributed by atoms with Crippen LogP contribution >= 0.6 is 11.8 Å². The molecule has 0 amide bonds. The second-order valence-electron chi connectivity index (χ2n) is 5.58. The van der Waals surface area contributed by atoms with Gasteiger partial charge in [-0.25, -0.2) is 0 Å². The summed E-state index contributed by atoms with van der Waals surface area (Å²) >= 11 is 2.11. The molecule has 16 heavy (non-hydrogen) atoms. The zero-order valence-electron chi connectivity index (χ0n) is 11.2. The van der Waals surface area contributed by atoms with Crippen LogP contribution in [0.5, 0.6) is 0 Å². The van der Waals surface area contributed by atoms with Crippen LogP contribution in [0.1, 0.15) is 33.6 Å². The molecule has 0 atom stereocenters. The summed E-state index contributed by atoms with van der Waals surface area (Å²) in [6.45, 7) is 13.1. The topological polar surface area (TPSA) is 15.3 Å². The van der Waals surface area contributed by atoms with E-state index in [4.69, 9.17) is 0 Å². The van der Waals surface area contributed by atoms with Crippen LogP contribution < -0.4 is 5.32 Å². The van der Waals surface area contributed by atoms with Crippen molar-refractivity contribution >= 4 is 11.8 Å². The Balaban J connectivity index is 2.26. The molecule has 0 aromatic carbocycles. The highest BCUT2D eigenvalue weighted by molar-refractivity contribution is 7.99. The Morgan fingerprint density at radius 3 is 2.81 bits per heavy atom. The standard InChI is InChI=1S/C13H28N2S/c1-4-6-14-11-13(2,3)12-15-7-5-9-16-10-8-15/h14H,4-12H2,1-3H3. The molecule has 0 spiro atoms. The lowest BCUT2D eigenvalue weighted by Crippen LogP contribution is -2.41. The number of rotatable bonds is 6. The van der Waals surface area contributed by atoms with E-state index in [9.17, 15) is 0 Å². The number of nitrogens with zero attached hydrogens (tertiary/aromatic N) is 1. The van der Waals surface area contributed by atoms with Crippen molar-refractivity contribution in [3.63, 3.8) is 0 Å². The van der Waals surface area contributed by atoms with Crippen molar-refractivity contribution in [2.24, 2.45) is 5.41 Å². The molecule has 0 bridgehead atoms. The van der Waals surface area contributed by atoms with Crippen molar-refractivity contribution in [1.29, 1.82) is 0 Å². The van der Waals surface area contributed by atoms with Gasteiger partial charge < -0.3 is 10.2 Å². The maximum Gasteiger partial charge on any atom is 0.00726 e. The monoisotopic (exact) mass is 244 g/mol. The van der Waals surface area contributed by atoms with E-state index in [1.807, 2.05) is 0 Å². The van der Waals surface area contributed by atoms with Gasteiger partial charge in [0.05, 0.1) is 0 Å². The first-order valence-electron chi connectivity index (χ1n) is 6.65. The molecule has 0 aromatic heterocycles. The summed E-state index contributed by atoms with van der Waals surface area (Å²) < 4.78 is 0. The third-order valence-corrected chi connectivity index (χ3v) is 4.05. The molecule has 0 aromatic rings. The number of hydrogen-bond donors (Lipinski definition) is 1. The van der Waals surface area contributed by atoms with Crippen LogP contribution in [0.3, 0.4) is 0 Å². The normalized spacial score (nSPS) is 19.7. The van der Waals surface area contributed by atoms with E-state index < -0.39 is 0 Å². The maximum atomic E-state index is 3.55. The minimum Gasteiger partial charge on any atom is -0.316 e. The quantitative estimate of drug-likeness (QED) is 0.723. The van der Waals surface area contributed by atoms with Gasteiger partial charge >= 0.3 is 0 Å². The highest BCUT2D eigenvalue weighted by atomic mass is 32.2. The molecule has 0 unspecified atom stereocenters. The van der Waals surface area contributed by atoms with Gasteiger partial charge in [0.25, 0.3) is 0 Å². The first-order chi connectivity index (χ1) is 7.64. The molecule has 1 aliphatic heterocycles. The molecule has 1 aliphatic rings. The van der Waals surface area contributed by atoms with Crippen LogP contribution in [0.25, 0.3) is 0 Å². The Morgan fingerprint density at radius 1 is 1.25 bits per heavy atom. The number of nitrogens with one attached hydrogen (secondary N) is 1. The first-order valence-corrected chi connectivity index (χ1v) is 7.80. The Morgan fingerprint density at radius 2 is 2.06 bits per heavy atom. The predicted octanol–water partition coefficient (Wildman–Crippen LogP) is 2.45. The van der Waals surface area contributed by atoms with Crippen LogP contribution in [-0.2, 0) is 0 Å². The fourth-order valence-electron chi connectivity index (χ4n) is 2.22. The summed E-state index contributed by atoms with van der Waals surface area (Å²) in [4.78, 5) is 2.65. The molecular formula is C13H28N2S. The van der Waals surface area contributed by atoms with Crippen LogP contribution in [0, 0.1) is 5.41 Å². The summed E-state index contributed by atoms with van der Waals surface area (Å²) in [7, 11) is 0. The third-order valence-electron chi connectivity index (χ3n) is 3.00. The largest absolute Gasteiger partial charge is 0.316 e. The van der Waals surface area contributed by atoms with Gasteiger partial charge in [-0.15, -0.1) is 0 Å². The van der Waals surface area contributed by atoms with E-state index in [2.05, 4.69) is 42.7 Å². The van der Waals surface area contributed by atoms with Crippen molar-refractivity contribution in [2.75, 3.05) is 44.2 Å². The zero-order chi connectivity index (χ0) is 11.9. The first kappa shape index (κ1) is 14.3. The molecule has 2 nitrogen and oxygen atoms in total. The van der Waals surface area contributed by atoms with Gasteiger partial charge in [0.1, 0.15) is 0 Å². The van der Waals surface area contributed by atoms with Crippen LogP contribution in [0.15, 0.2) is 0 Å². The second-order valence-corrected chi connectivity index (χ2v) is 6.81. The average Bonchev–Trinajstić information content (AvgIpc) is 2.46. The lowest BCUT2D eigenvalue weighted by atomic mass is 9.92. The van der Waals surface area contributed by atoms with Gasteiger partial charge in [-0.1, -0.05) is 20.8 Å². The lowest BCUT2D eigenvalue weighted by Gasteiger charge is -2.32. The fraction of sp³-hybridized carbons (Fsp3) is 1.00. The summed E-state index contributed by atoms with van der Waals surface area (Å²) in [5.74, 6) is 2.67. The zero-order valence-corrected chi connectivity index (χ0v) is 12.0. The summed E-state index contributed by atoms with van der Waals surface area (Å²) in [5, 5.41) is 3.55. The smallest absolute Gasteiger partial charge is 0.00726 e. The summed E-state index contributed by atoms with van der Waals surface area (Å²) in [5.41, 5.74) is 0.407. The Hall–Kier alpha value is 0.270. The Kier molecular flexibility index (Phi) is 6.78. The number of hydrogen-bond acceptors (Lipinski definition) is 3. The molecule has 1 heterocycles. The molecule has 1 rings (SSSR count). The second kappa shape index (κ2) is 7.57. The van der Waals surface area contributed by atoms with Crippen molar-refractivity contribution < 1.29 is 0 Å². The van der Waals surface area contributed by atoms with E-state index >= 15 is 0 Å². The van der Waals surface area contributed by atoms with E-state index in [0.29, 0.717) is 5.41 Å². The van der Waals surface area contributed by atoms with Crippen molar-refractivity contribution in [3.8, 4) is 0 Å². The van der Waals surface area contributed by atoms with Gasteiger partial charge in [0, 0.05) is 25.4 Å². The van der Waals surface area contributed by atoms with Crippen molar-refractivity contribution in [1.82, 2.24) is 10.2 Å². The van der Waals surface area contributed by atoms with E-state index in [1.54, 1.807) is 0 Å². The lowest BCUT2D eigenvalue weighted by molar-refractivity contribution is 0.184. The van der Waals surface area contributed by atoms with Gasteiger partial charge in [-0.05, 0) is 37.1 Å². The van der Waals surface area contributed by atoms with Crippen molar-refractivity contribution in [3.05, 3.63) is 0 Å². The van der Waals surface area contributed by atoms with E-state index in [0.717, 1.165) is 13.1 Å². The molecule has 0 radical (unpaired) electrons. The number of thioether (sulfide) groups is 1. The molecule has 0 saturated carbocycles. The minimum atomic E-state index is 0.407. The van der Waals surface area contributed by atoms with E-state index in [-0.39, 0.29) is 0 Å². The third kappa shape index (κ3) is 6.12. The molecule has 3 heteroatoms. The molecule has 1 N–H and O–H groups in total. The highest BCUT2D eigenvalue weighted by Crippen LogP contribution is 2.18. The molecule has 1 fully saturated rings. The van der Waals surface area contributed by atoms with Crippen molar-refractivity contribution in [2.45, 2.75) is 33.6 Å². The maximum absolute atomic E-state index is 3.55. The van der Waals surface area contributed by atoms with Gasteiger partial charge in [-0.2, -0.15) is 11.8 Å². The fourth-order valence-corrected chi connectivity index (χ4v) is 3.15. The van der Waals surface area contributed by atoms with E-state index in [1.165, 1.54) is 44.0 Å². The minimum absolute atomic E-state index is 0.407. The molecule has 0 aliphatic carbocycles. The van der Waals surface area contributed by atoms with Gasteiger partial charge in [-0.3, -0.25) is 0 Å². The SMILES string of the molecule is CCCNCC(C)(C)CN1CCCSCC1. The summed E-state index contributed by atoms with van der Waals surface area (Å²) in [6, 6.07) is 0. The van der Waals surface area contributed by atoms with Gasteiger partial charge in [0.2, 0.25) is 0 Å². The van der Waals surface area contributed by atoms with Gasteiger partial charge in [0.15, 0.2) is 0 Å². The predicted molar refractivity (Wildman–Crippen MR) is 75.3 cm³/mol.